The summed E-state index contributed by atoms with van der Waals surface area (Å²) in [5.74, 6) is 0.888. The molecule has 0 aliphatic heterocycles. The summed E-state index contributed by atoms with van der Waals surface area (Å²) in [5, 5.41) is 0. The van der Waals surface area contributed by atoms with Crippen LogP contribution in [0.1, 0.15) is 148 Å². The zero-order valence-electron chi connectivity index (χ0n) is 43.1. The first-order chi connectivity index (χ1) is 33.4. The highest BCUT2D eigenvalue weighted by atomic mass is 16.6. The van der Waals surface area contributed by atoms with Crippen molar-refractivity contribution in [3.8, 4) is 5.75 Å². The van der Waals surface area contributed by atoms with E-state index < -0.39 is 0 Å². The van der Waals surface area contributed by atoms with Crippen molar-refractivity contribution in [3.05, 3.63) is 29.8 Å². The molecule has 13 nitrogen and oxygen atoms in total. The van der Waals surface area contributed by atoms with Crippen LogP contribution in [-0.2, 0) is 63.3 Å². The molecule has 0 aliphatic carbocycles. The Balaban J connectivity index is 1.64. The summed E-state index contributed by atoms with van der Waals surface area (Å²) in [7, 11) is 0. The lowest BCUT2D eigenvalue weighted by atomic mass is 10.0. The molecule has 0 bridgehead atoms. The zero-order valence-corrected chi connectivity index (χ0v) is 43.1. The van der Waals surface area contributed by atoms with Gasteiger partial charge >= 0.3 is 0 Å². The molecule has 0 unspecified atom stereocenters. The van der Waals surface area contributed by atoms with Crippen LogP contribution >= 0.6 is 0 Å². The molecule has 0 radical (unpaired) electrons. The van der Waals surface area contributed by atoms with E-state index in [1.807, 2.05) is 0 Å². The molecule has 0 saturated carbocycles. The van der Waals surface area contributed by atoms with Crippen LogP contribution in [0.15, 0.2) is 24.3 Å². The number of hydrogen-bond acceptors (Lipinski definition) is 13. The summed E-state index contributed by atoms with van der Waals surface area (Å²) in [6, 6.07) is 8.47. The fourth-order valence-corrected chi connectivity index (χ4v) is 7.00. The number of ether oxygens (including phenoxy) is 13. The maximum Gasteiger partial charge on any atom is 0.119 e. The Morgan fingerprint density at radius 2 is 0.448 bits per heavy atom. The third-order valence-corrected chi connectivity index (χ3v) is 11.0. The van der Waals surface area contributed by atoms with Crippen molar-refractivity contribution in [3.63, 3.8) is 0 Å². The Morgan fingerprint density at radius 1 is 0.224 bits per heavy atom. The fraction of sp³-hybridized carbons (Fsp3) is 0.889. The van der Waals surface area contributed by atoms with Gasteiger partial charge in [0.1, 0.15) is 12.4 Å². The molecule has 396 valence electrons. The highest BCUT2D eigenvalue weighted by Gasteiger charge is 2.01. The van der Waals surface area contributed by atoms with Crippen molar-refractivity contribution >= 4 is 0 Å². The fourth-order valence-electron chi connectivity index (χ4n) is 7.00. The normalized spacial score (nSPS) is 11.6. The largest absolute Gasteiger partial charge is 0.491 e. The Labute approximate surface area is 409 Å². The summed E-state index contributed by atoms with van der Waals surface area (Å²) < 4.78 is 72.6. The maximum atomic E-state index is 5.80. The summed E-state index contributed by atoms with van der Waals surface area (Å²) in [6.45, 7) is 18.2. The second-order valence-corrected chi connectivity index (χ2v) is 17.0. The van der Waals surface area contributed by atoms with Gasteiger partial charge in [-0.3, -0.25) is 0 Å². The Kier molecular flexibility index (Phi) is 54.2. The standard InChI is InChI=1S/C54H102O13/c1-3-5-7-9-11-12-13-14-15-16-18-20-22-28-55-29-30-56-31-32-57-33-34-58-35-36-59-37-38-60-39-40-61-41-42-62-43-44-63-45-46-64-47-48-65-49-50-66-51-52-67-54-26-24-53(25-27-54)23-21-19-17-10-8-6-4-2/h24-27H,3-23,28-52H2,1-2H3. The molecule has 1 aromatic rings. The predicted molar refractivity (Wildman–Crippen MR) is 269 cm³/mol. The van der Waals surface area contributed by atoms with Gasteiger partial charge in [0.2, 0.25) is 0 Å². The first-order valence-corrected chi connectivity index (χ1v) is 27.0. The van der Waals surface area contributed by atoms with Crippen LogP contribution in [0, 0.1) is 0 Å². The zero-order chi connectivity index (χ0) is 47.7. The number of aryl methyl sites for hydroxylation is 1. The molecule has 0 fully saturated rings. The molecule has 1 rings (SSSR count). The molecule has 0 saturated heterocycles. The predicted octanol–water partition coefficient (Wildman–Crippen LogP) is 10.6. The summed E-state index contributed by atoms with van der Waals surface area (Å²) in [5.41, 5.74) is 1.38. The lowest BCUT2D eigenvalue weighted by Gasteiger charge is -2.09. The molecule has 0 amide bonds. The Morgan fingerprint density at radius 3 is 0.731 bits per heavy atom. The van der Waals surface area contributed by atoms with E-state index in [9.17, 15) is 0 Å². The van der Waals surface area contributed by atoms with Gasteiger partial charge < -0.3 is 61.6 Å². The van der Waals surface area contributed by atoms with Crippen molar-refractivity contribution < 1.29 is 61.6 Å². The van der Waals surface area contributed by atoms with Crippen LogP contribution in [0.5, 0.6) is 5.75 Å². The first kappa shape index (κ1) is 63.6. The first-order valence-electron chi connectivity index (χ1n) is 27.0. The second-order valence-electron chi connectivity index (χ2n) is 17.0. The van der Waals surface area contributed by atoms with E-state index in [-0.39, 0.29) is 0 Å². The van der Waals surface area contributed by atoms with Gasteiger partial charge in [-0.1, -0.05) is 142 Å². The maximum absolute atomic E-state index is 5.80. The molecule has 0 aromatic heterocycles. The lowest BCUT2D eigenvalue weighted by Crippen LogP contribution is -2.15. The molecule has 0 spiro atoms. The molecule has 13 heteroatoms. The van der Waals surface area contributed by atoms with Crippen molar-refractivity contribution in [1.82, 2.24) is 0 Å². The van der Waals surface area contributed by atoms with Crippen molar-refractivity contribution in [2.45, 2.75) is 149 Å². The Bertz CT molecular complexity index is 1040. The molecular weight excluding hydrogens is 857 g/mol. The molecule has 1 aromatic carbocycles. The monoisotopic (exact) mass is 959 g/mol. The van der Waals surface area contributed by atoms with E-state index in [1.165, 1.54) is 128 Å². The van der Waals surface area contributed by atoms with Crippen LogP contribution in [0.4, 0.5) is 0 Å². The number of unbranched alkanes of at least 4 members (excludes halogenated alkanes) is 18. The molecule has 67 heavy (non-hydrogen) atoms. The summed E-state index contributed by atoms with van der Waals surface area (Å²) >= 11 is 0. The van der Waals surface area contributed by atoms with Gasteiger partial charge in [-0.25, -0.2) is 0 Å². The van der Waals surface area contributed by atoms with Crippen LogP contribution < -0.4 is 4.74 Å². The van der Waals surface area contributed by atoms with Gasteiger partial charge in [0.15, 0.2) is 0 Å². The van der Waals surface area contributed by atoms with Crippen LogP contribution in [0.25, 0.3) is 0 Å². The van der Waals surface area contributed by atoms with E-state index in [2.05, 4.69) is 38.1 Å². The number of benzene rings is 1. The van der Waals surface area contributed by atoms with E-state index in [1.54, 1.807) is 0 Å². The average Bonchev–Trinajstić information content (AvgIpc) is 3.34. The minimum atomic E-state index is 0.512. The van der Waals surface area contributed by atoms with E-state index >= 15 is 0 Å². The van der Waals surface area contributed by atoms with Gasteiger partial charge in [-0.15, -0.1) is 0 Å². The average molecular weight is 959 g/mol. The molecule has 0 N–H and O–H groups in total. The second kappa shape index (κ2) is 57.1. The van der Waals surface area contributed by atoms with Crippen LogP contribution in [0.3, 0.4) is 0 Å². The lowest BCUT2D eigenvalue weighted by molar-refractivity contribution is -0.0285. The van der Waals surface area contributed by atoms with Crippen LogP contribution in [-0.4, -0.2) is 165 Å². The van der Waals surface area contributed by atoms with Crippen molar-refractivity contribution in [2.24, 2.45) is 0 Å². The van der Waals surface area contributed by atoms with E-state index in [0.29, 0.717) is 159 Å². The smallest absolute Gasteiger partial charge is 0.119 e. The minimum Gasteiger partial charge on any atom is -0.491 e. The third kappa shape index (κ3) is 52.2. The van der Waals surface area contributed by atoms with Gasteiger partial charge in [0.05, 0.1) is 152 Å². The van der Waals surface area contributed by atoms with Gasteiger partial charge in [-0.05, 0) is 37.0 Å². The number of hydrogen-bond donors (Lipinski definition) is 0. The molecule has 0 atom stereocenters. The quantitative estimate of drug-likeness (QED) is 0.0577. The minimum absolute atomic E-state index is 0.512. The van der Waals surface area contributed by atoms with Crippen molar-refractivity contribution in [2.75, 3.05) is 165 Å². The SMILES string of the molecule is CCCCCCCCCCCCCCCOCCOCCOCCOCCOCCOCCOCCOCCOCCOCCOCCOCCOc1ccc(CCCCCCCCC)cc1. The van der Waals surface area contributed by atoms with Crippen LogP contribution in [0.2, 0.25) is 0 Å². The number of rotatable bonds is 59. The molecule has 0 heterocycles. The highest BCUT2D eigenvalue weighted by molar-refractivity contribution is 5.27. The highest BCUT2D eigenvalue weighted by Crippen LogP contribution is 2.16. The summed E-state index contributed by atoms with van der Waals surface area (Å²) in [4.78, 5) is 0. The topological polar surface area (TPSA) is 120 Å². The van der Waals surface area contributed by atoms with Gasteiger partial charge in [0.25, 0.3) is 0 Å². The Hall–Kier alpha value is -1.46. The van der Waals surface area contributed by atoms with Gasteiger partial charge in [0, 0.05) is 6.61 Å². The molecule has 0 aliphatic rings. The van der Waals surface area contributed by atoms with E-state index in [4.69, 9.17) is 61.6 Å². The summed E-state index contributed by atoms with van der Waals surface area (Å²) in [6.07, 6.45) is 28.3. The van der Waals surface area contributed by atoms with E-state index in [0.717, 1.165) is 25.2 Å². The van der Waals surface area contributed by atoms with Crippen molar-refractivity contribution in [1.29, 1.82) is 0 Å². The third-order valence-electron chi connectivity index (χ3n) is 11.0. The van der Waals surface area contributed by atoms with Gasteiger partial charge in [-0.2, -0.15) is 0 Å². The molecular formula is C54H102O13.